The quantitative estimate of drug-likeness (QED) is 0.524. The highest BCUT2D eigenvalue weighted by Crippen LogP contribution is 2.38. The number of rotatable bonds is 6. The molecule has 184 valence electrons. The number of anilines is 1. The molecule has 2 aliphatic rings. The van der Waals surface area contributed by atoms with Gasteiger partial charge in [0.1, 0.15) is 17.3 Å². The third-order valence-electron chi connectivity index (χ3n) is 6.26. The summed E-state index contributed by atoms with van der Waals surface area (Å²) in [5.74, 6) is 1.30. The van der Waals surface area contributed by atoms with Crippen molar-refractivity contribution in [3.05, 3.63) is 23.0 Å². The van der Waals surface area contributed by atoms with E-state index >= 15 is 0 Å². The van der Waals surface area contributed by atoms with Crippen molar-refractivity contribution in [3.8, 4) is 10.7 Å². The van der Waals surface area contributed by atoms with Crippen LogP contribution in [0.15, 0.2) is 17.0 Å². The molecule has 9 nitrogen and oxygen atoms in total. The molecule has 1 saturated heterocycles. The zero-order chi connectivity index (χ0) is 24.4. The number of hydrogen-bond donors (Lipinski definition) is 2. The molecule has 0 spiro atoms. The van der Waals surface area contributed by atoms with E-state index < -0.39 is 27.0 Å². The largest absolute Gasteiger partial charge is 0.355 e. The Morgan fingerprint density at radius 3 is 2.47 bits per heavy atom. The predicted octanol–water partition coefficient (Wildman–Crippen LogP) is 3.12. The maximum atomic E-state index is 13.3. The van der Waals surface area contributed by atoms with Crippen molar-refractivity contribution in [1.82, 2.24) is 29.6 Å². The molecule has 3 aromatic rings. The molecule has 1 aliphatic heterocycles. The minimum atomic E-state index is -3.82. The van der Waals surface area contributed by atoms with Gasteiger partial charge in [-0.1, -0.05) is 11.3 Å². The first kappa shape index (κ1) is 23.5. The van der Waals surface area contributed by atoms with Crippen LogP contribution in [0.4, 0.5) is 14.6 Å². The van der Waals surface area contributed by atoms with Crippen LogP contribution in [0.3, 0.4) is 0 Å². The van der Waals surface area contributed by atoms with Gasteiger partial charge in [-0.2, -0.15) is 0 Å². The van der Waals surface area contributed by atoms with Crippen LogP contribution in [0.2, 0.25) is 0 Å². The lowest BCUT2D eigenvalue weighted by molar-refractivity contribution is 0.150. The van der Waals surface area contributed by atoms with Crippen molar-refractivity contribution in [2.24, 2.45) is 0 Å². The molecule has 5 rings (SSSR count). The van der Waals surface area contributed by atoms with Crippen molar-refractivity contribution < 1.29 is 17.2 Å². The van der Waals surface area contributed by atoms with Gasteiger partial charge in [-0.25, -0.2) is 26.9 Å². The number of fused-ring (bicyclic) bond motifs is 1. The highest BCUT2D eigenvalue weighted by molar-refractivity contribution is 7.89. The number of imidazole rings is 1. The molecular formula is C21H27F2N7O2S2. The summed E-state index contributed by atoms with van der Waals surface area (Å²) in [5.41, 5.74) is 0.398. The molecule has 0 unspecified atom stereocenters. The molecule has 0 amide bonds. The van der Waals surface area contributed by atoms with E-state index in [0.717, 1.165) is 24.2 Å². The lowest BCUT2D eigenvalue weighted by atomic mass is 10.1. The predicted molar refractivity (Wildman–Crippen MR) is 126 cm³/mol. The smallest absolute Gasteiger partial charge is 0.291 e. The van der Waals surface area contributed by atoms with Gasteiger partial charge in [0.05, 0.1) is 10.4 Å². The van der Waals surface area contributed by atoms with E-state index in [1.165, 1.54) is 0 Å². The first-order valence-electron chi connectivity index (χ1n) is 11.2. The summed E-state index contributed by atoms with van der Waals surface area (Å²) in [6, 6.07) is 3.62. The van der Waals surface area contributed by atoms with Gasteiger partial charge in [-0.05, 0) is 52.7 Å². The fraction of sp³-hybridized carbons (Fsp3) is 0.571. The van der Waals surface area contributed by atoms with Crippen LogP contribution in [-0.4, -0.2) is 58.7 Å². The van der Waals surface area contributed by atoms with Crippen LogP contribution < -0.4 is 14.9 Å². The first-order valence-corrected chi connectivity index (χ1v) is 13.5. The average molecular weight is 512 g/mol. The molecular weight excluding hydrogens is 484 g/mol. The van der Waals surface area contributed by atoms with Crippen molar-refractivity contribution >= 4 is 32.7 Å². The third kappa shape index (κ3) is 4.30. The second-order valence-corrected chi connectivity index (χ2v) is 12.3. The fourth-order valence-electron chi connectivity index (χ4n) is 4.49. The molecule has 0 bridgehead atoms. The first-order chi connectivity index (χ1) is 16.0. The summed E-state index contributed by atoms with van der Waals surface area (Å²) in [6.45, 7) is 9.20. The molecule has 1 aliphatic carbocycles. The van der Waals surface area contributed by atoms with Crippen molar-refractivity contribution in [1.29, 1.82) is 0 Å². The molecule has 2 atom stereocenters. The number of aryl methyl sites for hydroxylation is 1. The van der Waals surface area contributed by atoms with Crippen molar-refractivity contribution in [2.45, 2.75) is 69.5 Å². The van der Waals surface area contributed by atoms with E-state index in [2.05, 4.69) is 44.0 Å². The van der Waals surface area contributed by atoms with Gasteiger partial charge < -0.3 is 10.2 Å². The van der Waals surface area contributed by atoms with E-state index in [-0.39, 0.29) is 22.0 Å². The molecule has 0 aromatic carbocycles. The van der Waals surface area contributed by atoms with Crippen LogP contribution in [0.5, 0.6) is 0 Å². The van der Waals surface area contributed by atoms with Crippen LogP contribution >= 0.6 is 11.3 Å². The number of piperazine rings is 1. The normalized spacial score (nSPS) is 22.6. The number of pyridine rings is 1. The van der Waals surface area contributed by atoms with Gasteiger partial charge in [0.2, 0.25) is 10.0 Å². The van der Waals surface area contributed by atoms with Gasteiger partial charge in [0.25, 0.3) is 6.43 Å². The summed E-state index contributed by atoms with van der Waals surface area (Å²) in [5, 5.41) is 10.8. The molecule has 2 fully saturated rings. The van der Waals surface area contributed by atoms with E-state index in [1.54, 1.807) is 12.1 Å². The van der Waals surface area contributed by atoms with Crippen LogP contribution in [0.1, 0.15) is 50.9 Å². The van der Waals surface area contributed by atoms with E-state index in [4.69, 9.17) is 0 Å². The Kier molecular flexibility index (Phi) is 5.66. The Labute approximate surface area is 200 Å². The standard InChI is InChI=1S/C21H27F2N7O2S2/c1-11-9-29(10-12(2)24-11)16-8-14(34(31,32)28-21(4)5-6-21)7-15-17(25-13(3)30(15)16)19-26-27-20(33-19)18(22)23/h7-8,11-12,18,24,28H,5-6,9-10H2,1-4H3/t11-,12-/m0/s1. The van der Waals surface area contributed by atoms with Crippen molar-refractivity contribution in [3.63, 3.8) is 0 Å². The monoisotopic (exact) mass is 511 g/mol. The number of sulfonamides is 1. The lowest BCUT2D eigenvalue weighted by Gasteiger charge is -2.38. The van der Waals surface area contributed by atoms with Crippen LogP contribution in [-0.2, 0) is 10.0 Å². The average Bonchev–Trinajstić information content (AvgIpc) is 3.14. The minimum Gasteiger partial charge on any atom is -0.355 e. The Morgan fingerprint density at radius 1 is 1.21 bits per heavy atom. The van der Waals surface area contributed by atoms with Gasteiger partial charge in [0, 0.05) is 30.7 Å². The zero-order valence-corrected chi connectivity index (χ0v) is 21.0. The van der Waals surface area contributed by atoms with Gasteiger partial charge >= 0.3 is 0 Å². The summed E-state index contributed by atoms with van der Waals surface area (Å²) in [6.07, 6.45) is -1.17. The van der Waals surface area contributed by atoms with Crippen LogP contribution in [0.25, 0.3) is 16.2 Å². The molecule has 1 saturated carbocycles. The van der Waals surface area contributed by atoms with E-state index in [1.807, 2.05) is 18.2 Å². The highest BCUT2D eigenvalue weighted by Gasteiger charge is 2.41. The van der Waals surface area contributed by atoms with Gasteiger partial charge in [0.15, 0.2) is 10.0 Å². The number of nitrogens with one attached hydrogen (secondary N) is 2. The third-order valence-corrected chi connectivity index (χ3v) is 8.82. The lowest BCUT2D eigenvalue weighted by Crippen LogP contribution is -2.54. The fourth-order valence-corrected chi connectivity index (χ4v) is 6.69. The Bertz CT molecular complexity index is 1340. The van der Waals surface area contributed by atoms with E-state index in [0.29, 0.717) is 35.9 Å². The second-order valence-electron chi connectivity index (χ2n) is 9.56. The van der Waals surface area contributed by atoms with Gasteiger partial charge in [-0.3, -0.25) is 4.40 Å². The van der Waals surface area contributed by atoms with Crippen LogP contribution in [0, 0.1) is 6.92 Å². The summed E-state index contributed by atoms with van der Waals surface area (Å²) in [7, 11) is -3.82. The number of aromatic nitrogens is 4. The Hall–Kier alpha value is -2.22. The number of hydrogen-bond acceptors (Lipinski definition) is 8. The summed E-state index contributed by atoms with van der Waals surface area (Å²) < 4.78 is 57.7. The SMILES string of the molecule is Cc1nc(-c2nnc(C(F)F)s2)c2cc(S(=O)(=O)NC3(C)CC3)cc(N3C[C@H](C)N[C@@H](C)C3)n12. The maximum absolute atomic E-state index is 13.3. The number of alkyl halides is 2. The summed E-state index contributed by atoms with van der Waals surface area (Å²) >= 11 is 0.761. The van der Waals surface area contributed by atoms with E-state index in [9.17, 15) is 17.2 Å². The molecule has 2 N–H and O–H groups in total. The number of nitrogens with zero attached hydrogens (tertiary/aromatic N) is 5. The molecule has 0 radical (unpaired) electrons. The maximum Gasteiger partial charge on any atom is 0.291 e. The molecule has 4 heterocycles. The summed E-state index contributed by atoms with van der Waals surface area (Å²) in [4.78, 5) is 6.86. The topological polar surface area (TPSA) is 105 Å². The van der Waals surface area contributed by atoms with Crippen molar-refractivity contribution in [2.75, 3.05) is 18.0 Å². The molecule has 13 heteroatoms. The Balaban J connectivity index is 1.71. The molecule has 34 heavy (non-hydrogen) atoms. The highest BCUT2D eigenvalue weighted by atomic mass is 32.2. The number of halogens is 2. The molecule has 3 aromatic heterocycles. The zero-order valence-electron chi connectivity index (χ0n) is 19.3. The Morgan fingerprint density at radius 2 is 1.88 bits per heavy atom. The van der Waals surface area contributed by atoms with Gasteiger partial charge in [-0.15, -0.1) is 10.2 Å². The minimum absolute atomic E-state index is 0.113. The second kappa shape index (κ2) is 8.18.